The number of fused-ring (bicyclic) bond motifs is 4. The van der Waals surface area contributed by atoms with Gasteiger partial charge in [-0.05, 0) is 86.6 Å². The summed E-state index contributed by atoms with van der Waals surface area (Å²) in [6, 6.07) is 50.6. The molecule has 0 spiro atoms. The van der Waals surface area contributed by atoms with Gasteiger partial charge in [-0.25, -0.2) is 0 Å². The third-order valence-electron chi connectivity index (χ3n) is 8.05. The van der Waals surface area contributed by atoms with Crippen LogP contribution in [-0.2, 0) is 5.41 Å². The molecule has 0 amide bonds. The average molecular weight is 488 g/mol. The van der Waals surface area contributed by atoms with Gasteiger partial charge >= 0.3 is 0 Å². The van der Waals surface area contributed by atoms with Crippen molar-refractivity contribution in [1.82, 2.24) is 0 Å². The van der Waals surface area contributed by atoms with Crippen LogP contribution in [0.2, 0.25) is 0 Å². The lowest BCUT2D eigenvalue weighted by Crippen LogP contribution is -2.16. The van der Waals surface area contributed by atoms with E-state index in [1.54, 1.807) is 0 Å². The Hall–Kier alpha value is -4.62. The van der Waals surface area contributed by atoms with Crippen molar-refractivity contribution in [2.24, 2.45) is 0 Å². The minimum absolute atomic E-state index is 0.0375. The molecule has 1 heteroatoms. The van der Waals surface area contributed by atoms with Crippen molar-refractivity contribution in [3.05, 3.63) is 151 Å². The summed E-state index contributed by atoms with van der Waals surface area (Å²) in [5, 5.41) is 2.53. The second-order valence-corrected chi connectivity index (χ2v) is 10.7. The SMILES string of the molecule is CC1(C)c2ccccc2-c2ccc(N(c3ccccc3)c3ccc(-c4ccc5ccccc5c4)cc3)cc21. The highest BCUT2D eigenvalue weighted by atomic mass is 15.1. The van der Waals surface area contributed by atoms with Gasteiger partial charge in [-0.3, -0.25) is 0 Å². The van der Waals surface area contributed by atoms with E-state index in [0.29, 0.717) is 0 Å². The summed E-state index contributed by atoms with van der Waals surface area (Å²) in [7, 11) is 0. The molecule has 6 aromatic carbocycles. The van der Waals surface area contributed by atoms with Gasteiger partial charge in [-0.15, -0.1) is 0 Å². The predicted octanol–water partition coefficient (Wildman–Crippen LogP) is 10.3. The lowest BCUT2D eigenvalue weighted by atomic mass is 9.82. The molecular weight excluding hydrogens is 458 g/mol. The Kier molecular flexibility index (Phi) is 5.19. The molecule has 0 bridgehead atoms. The molecule has 0 aromatic heterocycles. The van der Waals surface area contributed by atoms with E-state index in [0.717, 1.165) is 11.4 Å². The van der Waals surface area contributed by atoms with Crippen LogP contribution in [-0.4, -0.2) is 0 Å². The molecule has 1 nitrogen and oxygen atoms in total. The molecule has 0 saturated heterocycles. The second kappa shape index (κ2) is 8.75. The van der Waals surface area contributed by atoms with Gasteiger partial charge in [0.1, 0.15) is 0 Å². The zero-order valence-corrected chi connectivity index (χ0v) is 21.7. The van der Waals surface area contributed by atoms with E-state index in [2.05, 4.69) is 158 Å². The molecule has 7 rings (SSSR count). The normalized spacial score (nSPS) is 13.2. The van der Waals surface area contributed by atoms with Crippen LogP contribution in [0.5, 0.6) is 0 Å². The van der Waals surface area contributed by atoms with Gasteiger partial charge in [0.2, 0.25) is 0 Å². The van der Waals surface area contributed by atoms with Crippen molar-refractivity contribution < 1.29 is 0 Å². The van der Waals surface area contributed by atoms with Crippen LogP contribution >= 0.6 is 0 Å². The zero-order chi connectivity index (χ0) is 25.7. The highest BCUT2D eigenvalue weighted by molar-refractivity contribution is 5.88. The fraction of sp³-hybridized carbons (Fsp3) is 0.0811. The number of benzene rings is 6. The minimum Gasteiger partial charge on any atom is -0.310 e. The summed E-state index contributed by atoms with van der Waals surface area (Å²) < 4.78 is 0. The average Bonchev–Trinajstić information content (AvgIpc) is 3.20. The Bertz CT molecular complexity index is 1780. The van der Waals surface area contributed by atoms with E-state index >= 15 is 0 Å². The standard InChI is InChI=1S/C37H29N/c1-37(2)35-15-9-8-14-33(35)34-23-22-32(25-36(34)37)38(30-12-4-3-5-13-30)31-20-18-27(19-21-31)29-17-16-26-10-6-7-11-28(26)24-29/h3-25H,1-2H3. The summed E-state index contributed by atoms with van der Waals surface area (Å²) in [6.07, 6.45) is 0. The molecule has 0 aliphatic heterocycles. The molecule has 1 aliphatic rings. The summed E-state index contributed by atoms with van der Waals surface area (Å²) in [5.74, 6) is 0. The lowest BCUT2D eigenvalue weighted by molar-refractivity contribution is 0.660. The maximum atomic E-state index is 2.39. The molecule has 0 heterocycles. The molecule has 0 N–H and O–H groups in total. The Morgan fingerprint density at radius 2 is 1.03 bits per heavy atom. The Morgan fingerprint density at radius 1 is 0.421 bits per heavy atom. The fourth-order valence-corrected chi connectivity index (χ4v) is 6.03. The van der Waals surface area contributed by atoms with E-state index in [9.17, 15) is 0 Å². The predicted molar refractivity (Wildman–Crippen MR) is 162 cm³/mol. The van der Waals surface area contributed by atoms with E-state index in [1.165, 1.54) is 49.8 Å². The molecule has 0 radical (unpaired) electrons. The number of anilines is 3. The Balaban J connectivity index is 1.32. The Morgan fingerprint density at radius 3 is 1.84 bits per heavy atom. The van der Waals surface area contributed by atoms with Gasteiger partial charge in [0.25, 0.3) is 0 Å². The van der Waals surface area contributed by atoms with Crippen molar-refractivity contribution in [3.8, 4) is 22.3 Å². The molecule has 0 unspecified atom stereocenters. The minimum atomic E-state index is -0.0375. The van der Waals surface area contributed by atoms with Crippen LogP contribution in [0.4, 0.5) is 17.1 Å². The molecular formula is C37H29N. The fourth-order valence-electron chi connectivity index (χ4n) is 6.03. The van der Waals surface area contributed by atoms with Gasteiger partial charge in [0, 0.05) is 22.5 Å². The van der Waals surface area contributed by atoms with Crippen molar-refractivity contribution >= 4 is 27.8 Å². The molecule has 38 heavy (non-hydrogen) atoms. The first-order valence-corrected chi connectivity index (χ1v) is 13.3. The number of hydrogen-bond acceptors (Lipinski definition) is 1. The van der Waals surface area contributed by atoms with Crippen LogP contribution in [0.25, 0.3) is 33.0 Å². The van der Waals surface area contributed by atoms with Crippen LogP contribution < -0.4 is 4.90 Å². The topological polar surface area (TPSA) is 3.24 Å². The summed E-state index contributed by atoms with van der Waals surface area (Å²) in [6.45, 7) is 4.68. The maximum absolute atomic E-state index is 2.39. The molecule has 0 saturated carbocycles. The maximum Gasteiger partial charge on any atom is 0.0465 e. The van der Waals surface area contributed by atoms with E-state index < -0.39 is 0 Å². The van der Waals surface area contributed by atoms with Crippen LogP contribution in [0.15, 0.2) is 140 Å². The largest absolute Gasteiger partial charge is 0.310 e. The van der Waals surface area contributed by atoms with E-state index in [1.807, 2.05) is 0 Å². The van der Waals surface area contributed by atoms with Gasteiger partial charge in [-0.1, -0.05) is 111 Å². The highest BCUT2D eigenvalue weighted by Crippen LogP contribution is 2.50. The first-order chi connectivity index (χ1) is 18.6. The zero-order valence-electron chi connectivity index (χ0n) is 21.7. The summed E-state index contributed by atoms with van der Waals surface area (Å²) in [4.78, 5) is 2.36. The van der Waals surface area contributed by atoms with Gasteiger partial charge < -0.3 is 4.90 Å². The van der Waals surface area contributed by atoms with Gasteiger partial charge in [0.15, 0.2) is 0 Å². The molecule has 6 aromatic rings. The van der Waals surface area contributed by atoms with Crippen molar-refractivity contribution in [3.63, 3.8) is 0 Å². The van der Waals surface area contributed by atoms with Crippen LogP contribution in [0.1, 0.15) is 25.0 Å². The van der Waals surface area contributed by atoms with Crippen molar-refractivity contribution in [2.45, 2.75) is 19.3 Å². The second-order valence-electron chi connectivity index (χ2n) is 10.7. The van der Waals surface area contributed by atoms with Crippen molar-refractivity contribution in [2.75, 3.05) is 4.90 Å². The van der Waals surface area contributed by atoms with E-state index in [4.69, 9.17) is 0 Å². The molecule has 0 atom stereocenters. The number of para-hydroxylation sites is 1. The summed E-state index contributed by atoms with van der Waals surface area (Å²) in [5.41, 5.74) is 11.4. The van der Waals surface area contributed by atoms with Crippen LogP contribution in [0.3, 0.4) is 0 Å². The third-order valence-corrected chi connectivity index (χ3v) is 8.05. The lowest BCUT2D eigenvalue weighted by Gasteiger charge is -2.28. The number of hydrogen-bond donors (Lipinski definition) is 0. The first-order valence-electron chi connectivity index (χ1n) is 13.3. The molecule has 1 aliphatic carbocycles. The monoisotopic (exact) mass is 487 g/mol. The quantitative estimate of drug-likeness (QED) is 0.239. The number of rotatable bonds is 4. The highest BCUT2D eigenvalue weighted by Gasteiger charge is 2.35. The van der Waals surface area contributed by atoms with E-state index in [-0.39, 0.29) is 5.41 Å². The smallest absolute Gasteiger partial charge is 0.0465 e. The van der Waals surface area contributed by atoms with Crippen molar-refractivity contribution in [1.29, 1.82) is 0 Å². The van der Waals surface area contributed by atoms with Crippen LogP contribution in [0, 0.1) is 0 Å². The third kappa shape index (κ3) is 3.63. The van der Waals surface area contributed by atoms with Gasteiger partial charge in [0.05, 0.1) is 0 Å². The number of nitrogens with zero attached hydrogens (tertiary/aromatic N) is 1. The van der Waals surface area contributed by atoms with Gasteiger partial charge in [-0.2, -0.15) is 0 Å². The Labute approximate surface area is 224 Å². The molecule has 0 fully saturated rings. The first kappa shape index (κ1) is 22.6. The summed E-state index contributed by atoms with van der Waals surface area (Å²) >= 11 is 0. The molecule has 182 valence electrons.